The molecule has 145 valence electrons. The molecule has 0 saturated heterocycles. The second-order valence-electron chi connectivity index (χ2n) is 8.76. The van der Waals surface area contributed by atoms with Crippen LogP contribution in [0.15, 0.2) is 44.5 Å². The van der Waals surface area contributed by atoms with Crippen LogP contribution in [0.3, 0.4) is 0 Å². The summed E-state index contributed by atoms with van der Waals surface area (Å²) in [6.07, 6.45) is 12.7. The summed E-state index contributed by atoms with van der Waals surface area (Å²) in [5.74, 6) is 0. The fraction of sp³-hybridized carbons (Fsp3) is 0.619. The zero-order chi connectivity index (χ0) is 18.2. The van der Waals surface area contributed by atoms with E-state index in [0.29, 0.717) is 0 Å². The Morgan fingerprint density at radius 1 is 1.23 bits per heavy atom. The zero-order valence-corrected chi connectivity index (χ0v) is 21.4. The van der Waals surface area contributed by atoms with Gasteiger partial charge in [0.05, 0.1) is 0 Å². The molecule has 1 unspecified atom stereocenters. The first-order valence-corrected chi connectivity index (χ1v) is 13.0. The van der Waals surface area contributed by atoms with Crippen LogP contribution in [0, 0.1) is 5.41 Å². The first kappa shape index (κ1) is 26.4. The number of hydrogen-bond donors (Lipinski definition) is 0. The van der Waals surface area contributed by atoms with Gasteiger partial charge in [-0.25, -0.2) is 0 Å². The number of hydrogen-bond acceptors (Lipinski definition) is 1. The van der Waals surface area contributed by atoms with Crippen molar-refractivity contribution in [2.24, 2.45) is 5.41 Å². The molecule has 0 amide bonds. The third-order valence-corrected chi connectivity index (χ3v) is 11.1. The molecule has 1 atom stereocenters. The van der Waals surface area contributed by atoms with E-state index in [0.717, 1.165) is 25.9 Å². The average Bonchev–Trinajstić information content (AvgIpc) is 2.92. The topological polar surface area (TPSA) is 9.23 Å². The molecule has 5 heteroatoms. The summed E-state index contributed by atoms with van der Waals surface area (Å²) in [6, 6.07) is 0. The van der Waals surface area contributed by atoms with Gasteiger partial charge in [0.25, 0.3) is 0 Å². The third-order valence-electron chi connectivity index (χ3n) is 5.49. The Bertz CT molecular complexity index is 626. The SMILES string of the molecule is CCCOC1([Si](C)(C)C2=[C]([Ti+2])CC=C2)CC=C(C)C=C1C(C)(C)C.[Cl-].[Cl-]. The van der Waals surface area contributed by atoms with Crippen LogP contribution in [0.1, 0.15) is 53.9 Å². The molecule has 1 nitrogen and oxygen atoms in total. The van der Waals surface area contributed by atoms with Gasteiger partial charge in [-0.05, 0) is 0 Å². The molecule has 0 heterocycles. The third kappa shape index (κ3) is 4.88. The standard InChI is InChI=1S/C21H33OSi.2ClH.Ti/c1-8-15-22-21(23(6,7)18-11-9-10-12-18)14-13-17(2)16-19(21)20(3,4)5;;;/h9,11,13,16H,8,10,14-15H2,1-7H3;2*1H;/q;;;+2/p-2. The van der Waals surface area contributed by atoms with Crippen molar-refractivity contribution in [1.82, 2.24) is 0 Å². The fourth-order valence-electron chi connectivity index (χ4n) is 4.13. The predicted molar refractivity (Wildman–Crippen MR) is 103 cm³/mol. The summed E-state index contributed by atoms with van der Waals surface area (Å²) in [5, 5.41) is 1.47. The van der Waals surface area contributed by atoms with Crippen molar-refractivity contribution in [2.45, 2.75) is 72.2 Å². The second kappa shape index (κ2) is 9.76. The van der Waals surface area contributed by atoms with E-state index in [-0.39, 0.29) is 35.5 Å². The van der Waals surface area contributed by atoms with Gasteiger partial charge in [-0.1, -0.05) is 0 Å². The Balaban J connectivity index is 0.00000312. The molecule has 0 aromatic carbocycles. The first-order chi connectivity index (χ1) is 11.1. The molecule has 0 fully saturated rings. The van der Waals surface area contributed by atoms with Gasteiger partial charge in [-0.15, -0.1) is 0 Å². The van der Waals surface area contributed by atoms with Gasteiger partial charge in [0.15, 0.2) is 0 Å². The quantitative estimate of drug-likeness (QED) is 0.540. The summed E-state index contributed by atoms with van der Waals surface area (Å²) in [7, 11) is -1.86. The van der Waals surface area contributed by atoms with E-state index >= 15 is 0 Å². The summed E-state index contributed by atoms with van der Waals surface area (Å²) in [6.45, 7) is 17.4. The van der Waals surface area contributed by atoms with E-state index in [1.807, 2.05) is 0 Å². The average molecular weight is 448 g/mol. The van der Waals surface area contributed by atoms with Crippen LogP contribution in [-0.2, 0) is 25.2 Å². The van der Waals surface area contributed by atoms with Crippen LogP contribution in [0.25, 0.3) is 0 Å². The zero-order valence-electron chi connectivity index (χ0n) is 17.3. The van der Waals surface area contributed by atoms with E-state index in [1.165, 1.54) is 11.1 Å². The molecule has 0 bridgehead atoms. The Labute approximate surface area is 186 Å². The summed E-state index contributed by atoms with van der Waals surface area (Å²) in [5.41, 5.74) is 3.00. The first-order valence-electron chi connectivity index (χ1n) is 9.21. The second-order valence-corrected chi connectivity index (χ2v) is 14.3. The minimum atomic E-state index is -1.86. The number of halogens is 2. The van der Waals surface area contributed by atoms with Gasteiger partial charge in [0.2, 0.25) is 0 Å². The largest absolute Gasteiger partial charge is 1.00 e. The predicted octanol–water partition coefficient (Wildman–Crippen LogP) is 0.0299. The monoisotopic (exact) mass is 447 g/mol. The number of allylic oxidation sites excluding steroid dienone is 6. The maximum absolute atomic E-state index is 6.81. The van der Waals surface area contributed by atoms with E-state index in [1.54, 1.807) is 9.07 Å². The molecule has 2 rings (SSSR count). The molecule has 0 aliphatic heterocycles. The van der Waals surface area contributed by atoms with Crippen molar-refractivity contribution in [3.8, 4) is 0 Å². The molecule has 0 spiro atoms. The molecular formula is C21H33Cl2OSiTi. The summed E-state index contributed by atoms with van der Waals surface area (Å²) < 4.78 is 8.36. The fourth-order valence-corrected chi connectivity index (χ4v) is 9.93. The van der Waals surface area contributed by atoms with E-state index in [4.69, 9.17) is 4.74 Å². The van der Waals surface area contributed by atoms with Crippen molar-refractivity contribution in [2.75, 3.05) is 6.61 Å². The van der Waals surface area contributed by atoms with E-state index in [2.05, 4.69) is 92.5 Å². The number of rotatable bonds is 5. The maximum atomic E-state index is 6.81. The van der Waals surface area contributed by atoms with Gasteiger partial charge < -0.3 is 24.8 Å². The van der Waals surface area contributed by atoms with Crippen molar-refractivity contribution in [1.29, 1.82) is 0 Å². The molecule has 0 N–H and O–H groups in total. The van der Waals surface area contributed by atoms with Crippen LogP contribution in [0.2, 0.25) is 13.1 Å². The van der Waals surface area contributed by atoms with Gasteiger partial charge in [0.1, 0.15) is 0 Å². The van der Waals surface area contributed by atoms with Crippen molar-refractivity contribution < 1.29 is 50.0 Å². The molecular weight excluding hydrogens is 415 g/mol. The molecule has 2 aliphatic rings. The maximum Gasteiger partial charge on any atom is -1.00 e. The normalized spacial score (nSPS) is 23.3. The molecule has 0 aromatic rings. The number of ether oxygens (including phenoxy) is 1. The van der Waals surface area contributed by atoms with Gasteiger partial charge >= 0.3 is 162 Å². The minimum absolute atomic E-state index is 0. The van der Waals surface area contributed by atoms with Crippen LogP contribution in [0.5, 0.6) is 0 Å². The van der Waals surface area contributed by atoms with Crippen molar-refractivity contribution >= 4 is 8.07 Å². The van der Waals surface area contributed by atoms with Crippen molar-refractivity contribution in [3.05, 3.63) is 44.5 Å². The molecule has 2 aliphatic carbocycles. The van der Waals surface area contributed by atoms with E-state index in [9.17, 15) is 0 Å². The Morgan fingerprint density at radius 3 is 2.31 bits per heavy atom. The molecule has 0 radical (unpaired) electrons. The summed E-state index contributed by atoms with van der Waals surface area (Å²) in [4.78, 5) is 0. The van der Waals surface area contributed by atoms with Gasteiger partial charge in [-0.3, -0.25) is 0 Å². The Hall–Kier alpha value is 0.431. The van der Waals surface area contributed by atoms with Crippen molar-refractivity contribution in [3.63, 3.8) is 0 Å². The molecule has 26 heavy (non-hydrogen) atoms. The van der Waals surface area contributed by atoms with Crippen LogP contribution >= 0.6 is 0 Å². The summed E-state index contributed by atoms with van der Waals surface area (Å²) >= 11 is 2.31. The minimum Gasteiger partial charge on any atom is -1.00 e. The van der Waals surface area contributed by atoms with E-state index < -0.39 is 8.07 Å². The van der Waals surface area contributed by atoms with Crippen LogP contribution < -0.4 is 24.8 Å². The Morgan fingerprint density at radius 2 is 1.85 bits per heavy atom. The molecule has 0 aromatic heterocycles. The van der Waals surface area contributed by atoms with Gasteiger partial charge in [0, 0.05) is 0 Å². The van der Waals surface area contributed by atoms with Gasteiger partial charge in [-0.2, -0.15) is 0 Å². The Kier molecular flexibility index (Phi) is 9.92. The smallest absolute Gasteiger partial charge is 1.00 e. The van der Waals surface area contributed by atoms with Crippen LogP contribution in [-0.4, -0.2) is 19.9 Å². The molecule has 0 saturated carbocycles. The van der Waals surface area contributed by atoms with Crippen LogP contribution in [0.4, 0.5) is 0 Å².